The van der Waals surface area contributed by atoms with E-state index in [9.17, 15) is 9.59 Å². The van der Waals surface area contributed by atoms with Crippen molar-refractivity contribution in [2.24, 2.45) is 0 Å². The molecular formula is C24H16ClNO3. The fraction of sp³-hybridized carbons (Fsp3) is 0.0833. The summed E-state index contributed by atoms with van der Waals surface area (Å²) in [6.45, 7) is 0.276. The van der Waals surface area contributed by atoms with Crippen LogP contribution in [0.1, 0.15) is 33.3 Å². The summed E-state index contributed by atoms with van der Waals surface area (Å²) < 4.78 is 5.92. The number of fused-ring (bicyclic) bond motifs is 2. The predicted octanol–water partition coefficient (Wildman–Crippen LogP) is 5.19. The second kappa shape index (κ2) is 6.90. The Morgan fingerprint density at radius 2 is 1.55 bits per heavy atom. The van der Waals surface area contributed by atoms with Crippen molar-refractivity contribution >= 4 is 28.5 Å². The molecule has 0 N–H and O–H groups in total. The summed E-state index contributed by atoms with van der Waals surface area (Å²) in [7, 11) is 0. The highest BCUT2D eigenvalue weighted by Crippen LogP contribution is 2.39. The van der Waals surface area contributed by atoms with Gasteiger partial charge < -0.3 is 9.32 Å². The molecule has 2 heterocycles. The van der Waals surface area contributed by atoms with E-state index in [1.54, 1.807) is 35.2 Å². The van der Waals surface area contributed by atoms with Crippen molar-refractivity contribution in [2.45, 2.75) is 12.6 Å². The molecule has 5 rings (SSSR count). The number of para-hydroxylation sites is 1. The van der Waals surface area contributed by atoms with E-state index in [0.717, 1.165) is 11.1 Å². The van der Waals surface area contributed by atoms with Gasteiger partial charge in [-0.05, 0) is 29.3 Å². The number of amides is 1. The largest absolute Gasteiger partial charge is 0.450 e. The van der Waals surface area contributed by atoms with Crippen LogP contribution in [-0.2, 0) is 6.54 Å². The number of benzene rings is 3. The van der Waals surface area contributed by atoms with Crippen LogP contribution in [0.2, 0.25) is 5.02 Å². The average molecular weight is 402 g/mol. The Morgan fingerprint density at radius 3 is 2.34 bits per heavy atom. The van der Waals surface area contributed by atoms with E-state index in [1.165, 1.54) is 0 Å². The molecule has 1 unspecified atom stereocenters. The third-order valence-corrected chi connectivity index (χ3v) is 5.66. The number of carbonyl (C=O) groups excluding carboxylic acids is 1. The Kier molecular flexibility index (Phi) is 4.22. The minimum absolute atomic E-state index is 0.106. The summed E-state index contributed by atoms with van der Waals surface area (Å²) in [4.78, 5) is 28.3. The molecule has 0 saturated heterocycles. The van der Waals surface area contributed by atoms with Crippen LogP contribution in [0.3, 0.4) is 0 Å². The van der Waals surface area contributed by atoms with E-state index in [0.29, 0.717) is 21.6 Å². The van der Waals surface area contributed by atoms with Gasteiger partial charge in [0.1, 0.15) is 5.58 Å². The molecule has 4 aromatic rings. The SMILES string of the molecule is O=C1c2oc3ccccc3c(=O)c2C(c2ccccc2)N1Cc1ccccc1Cl. The summed E-state index contributed by atoms with van der Waals surface area (Å²) in [6.07, 6.45) is 0. The second-order valence-electron chi connectivity index (χ2n) is 7.01. The number of nitrogens with zero attached hydrogens (tertiary/aromatic N) is 1. The molecule has 142 valence electrons. The molecule has 0 aliphatic carbocycles. The Balaban J connectivity index is 1.74. The maximum absolute atomic E-state index is 13.3. The van der Waals surface area contributed by atoms with Gasteiger partial charge in [-0.3, -0.25) is 9.59 Å². The van der Waals surface area contributed by atoms with Crippen LogP contribution in [0.15, 0.2) is 88.1 Å². The third-order valence-electron chi connectivity index (χ3n) is 5.29. The lowest BCUT2D eigenvalue weighted by molar-refractivity contribution is 0.0714. The average Bonchev–Trinajstić information content (AvgIpc) is 3.03. The molecule has 0 saturated carbocycles. The first-order chi connectivity index (χ1) is 14.1. The van der Waals surface area contributed by atoms with Gasteiger partial charge in [0.2, 0.25) is 5.76 Å². The normalized spacial score (nSPS) is 15.7. The van der Waals surface area contributed by atoms with Crippen LogP contribution in [0.5, 0.6) is 0 Å². The Bertz CT molecular complexity index is 1300. The molecule has 0 spiro atoms. The number of hydrogen-bond acceptors (Lipinski definition) is 3. The molecule has 1 aromatic heterocycles. The molecule has 29 heavy (non-hydrogen) atoms. The molecule has 0 bridgehead atoms. The smallest absolute Gasteiger partial charge is 0.291 e. The number of hydrogen-bond donors (Lipinski definition) is 0. The fourth-order valence-corrected chi connectivity index (χ4v) is 4.12. The summed E-state index contributed by atoms with van der Waals surface area (Å²) in [6, 6.07) is 23.4. The summed E-state index contributed by atoms with van der Waals surface area (Å²) >= 11 is 6.35. The van der Waals surface area contributed by atoms with Gasteiger partial charge in [-0.25, -0.2) is 0 Å². The molecule has 5 heteroatoms. The quantitative estimate of drug-likeness (QED) is 0.474. The van der Waals surface area contributed by atoms with Gasteiger partial charge in [0, 0.05) is 11.6 Å². The van der Waals surface area contributed by atoms with Gasteiger partial charge >= 0.3 is 0 Å². The van der Waals surface area contributed by atoms with Crippen molar-refractivity contribution in [2.75, 3.05) is 0 Å². The molecule has 0 radical (unpaired) electrons. The molecule has 1 aliphatic heterocycles. The van der Waals surface area contributed by atoms with Gasteiger partial charge in [0.25, 0.3) is 5.91 Å². The van der Waals surface area contributed by atoms with E-state index in [-0.39, 0.29) is 23.6 Å². The van der Waals surface area contributed by atoms with E-state index < -0.39 is 6.04 Å². The number of halogens is 1. The first-order valence-electron chi connectivity index (χ1n) is 9.30. The van der Waals surface area contributed by atoms with Crippen LogP contribution < -0.4 is 5.43 Å². The molecule has 3 aromatic carbocycles. The van der Waals surface area contributed by atoms with E-state index in [2.05, 4.69) is 0 Å². The predicted molar refractivity (Wildman–Crippen MR) is 112 cm³/mol. The minimum Gasteiger partial charge on any atom is -0.450 e. The summed E-state index contributed by atoms with van der Waals surface area (Å²) in [5.74, 6) is -0.203. The summed E-state index contributed by atoms with van der Waals surface area (Å²) in [5.41, 5.74) is 2.29. The van der Waals surface area contributed by atoms with Crippen molar-refractivity contribution in [1.29, 1.82) is 0 Å². The van der Waals surface area contributed by atoms with Crippen molar-refractivity contribution in [3.05, 3.63) is 117 Å². The molecule has 1 amide bonds. The zero-order valence-corrected chi connectivity index (χ0v) is 16.1. The number of carbonyl (C=O) groups is 1. The van der Waals surface area contributed by atoms with Crippen molar-refractivity contribution < 1.29 is 9.21 Å². The molecule has 1 aliphatic rings. The van der Waals surface area contributed by atoms with Crippen LogP contribution in [0, 0.1) is 0 Å². The van der Waals surface area contributed by atoms with Crippen LogP contribution in [0.25, 0.3) is 11.0 Å². The maximum atomic E-state index is 13.3. The third kappa shape index (κ3) is 2.84. The van der Waals surface area contributed by atoms with Gasteiger partial charge in [0.05, 0.1) is 17.0 Å². The van der Waals surface area contributed by atoms with Crippen LogP contribution in [-0.4, -0.2) is 10.8 Å². The zero-order valence-electron chi connectivity index (χ0n) is 15.3. The minimum atomic E-state index is -0.532. The van der Waals surface area contributed by atoms with Crippen molar-refractivity contribution in [1.82, 2.24) is 4.90 Å². The maximum Gasteiger partial charge on any atom is 0.291 e. The van der Waals surface area contributed by atoms with E-state index in [4.69, 9.17) is 16.0 Å². The Morgan fingerprint density at radius 1 is 0.862 bits per heavy atom. The van der Waals surface area contributed by atoms with Gasteiger partial charge in [-0.1, -0.05) is 72.3 Å². The topological polar surface area (TPSA) is 50.5 Å². The van der Waals surface area contributed by atoms with Crippen LogP contribution in [0.4, 0.5) is 0 Å². The molecular weight excluding hydrogens is 386 g/mol. The van der Waals surface area contributed by atoms with Crippen LogP contribution >= 0.6 is 11.6 Å². The van der Waals surface area contributed by atoms with E-state index in [1.807, 2.05) is 48.5 Å². The Labute approximate surface area is 172 Å². The second-order valence-corrected chi connectivity index (χ2v) is 7.42. The van der Waals surface area contributed by atoms with Gasteiger partial charge in [0.15, 0.2) is 5.43 Å². The number of rotatable bonds is 3. The molecule has 4 nitrogen and oxygen atoms in total. The first-order valence-corrected chi connectivity index (χ1v) is 9.68. The summed E-state index contributed by atoms with van der Waals surface area (Å²) in [5, 5.41) is 1.05. The van der Waals surface area contributed by atoms with Gasteiger partial charge in [-0.15, -0.1) is 0 Å². The highest BCUT2D eigenvalue weighted by atomic mass is 35.5. The monoisotopic (exact) mass is 401 g/mol. The molecule has 1 atom stereocenters. The standard InChI is InChI=1S/C24H16ClNO3/c25-18-12-6-4-10-16(18)14-26-21(15-8-2-1-3-9-15)20-22(27)17-11-5-7-13-19(17)29-23(20)24(26)28/h1-13,21H,14H2. The highest BCUT2D eigenvalue weighted by molar-refractivity contribution is 6.31. The Hall–Kier alpha value is -3.37. The zero-order chi connectivity index (χ0) is 20.0. The van der Waals surface area contributed by atoms with Crippen molar-refractivity contribution in [3.8, 4) is 0 Å². The fourth-order valence-electron chi connectivity index (χ4n) is 3.92. The van der Waals surface area contributed by atoms with E-state index >= 15 is 0 Å². The van der Waals surface area contributed by atoms with Gasteiger partial charge in [-0.2, -0.15) is 0 Å². The highest BCUT2D eigenvalue weighted by Gasteiger charge is 2.42. The molecule has 0 fully saturated rings. The van der Waals surface area contributed by atoms with Crippen molar-refractivity contribution in [3.63, 3.8) is 0 Å². The first kappa shape index (κ1) is 17.7. The lowest BCUT2D eigenvalue weighted by Crippen LogP contribution is -2.29. The lowest BCUT2D eigenvalue weighted by Gasteiger charge is -2.25. The lowest BCUT2D eigenvalue weighted by atomic mass is 9.98.